The highest BCUT2D eigenvalue weighted by molar-refractivity contribution is 9.10. The van der Waals surface area contributed by atoms with Crippen LogP contribution in [0.1, 0.15) is 0 Å². The van der Waals surface area contributed by atoms with Gasteiger partial charge in [0.25, 0.3) is 0 Å². The van der Waals surface area contributed by atoms with Gasteiger partial charge in [0, 0.05) is 32.2 Å². The number of benzene rings is 3. The molecule has 3 aromatic carbocycles. The largest absolute Gasteiger partial charge is 0.255 e. The summed E-state index contributed by atoms with van der Waals surface area (Å²) in [5, 5.41) is 14.1. The number of rotatable bonds is 3. The minimum Gasteiger partial charge on any atom is -0.255 e. The molecule has 0 aliphatic carbocycles. The highest BCUT2D eigenvalue weighted by atomic mass is 79.9. The maximum atomic E-state index is 6.32. The van der Waals surface area contributed by atoms with E-state index in [1.54, 1.807) is 4.68 Å². The van der Waals surface area contributed by atoms with Gasteiger partial charge in [0.15, 0.2) is 5.82 Å². The molecule has 0 fully saturated rings. The van der Waals surface area contributed by atoms with Gasteiger partial charge in [0.05, 0.1) is 11.2 Å². The molecule has 0 bridgehead atoms. The molecule has 140 valence electrons. The Kier molecular flexibility index (Phi) is 4.58. The highest BCUT2D eigenvalue weighted by Crippen LogP contribution is 2.37. The molecule has 0 saturated carbocycles. The van der Waals surface area contributed by atoms with Crippen LogP contribution >= 0.6 is 27.5 Å². The number of nitrogens with zero attached hydrogens (tertiary/aromatic N) is 5. The molecule has 0 aliphatic rings. The van der Waals surface area contributed by atoms with Crippen molar-refractivity contribution in [3.63, 3.8) is 0 Å². The van der Waals surface area contributed by atoms with Gasteiger partial charge in [-0.3, -0.25) is 4.98 Å². The van der Waals surface area contributed by atoms with Gasteiger partial charge in [-0.15, -0.1) is 5.10 Å². The molecule has 5 nitrogen and oxygen atoms in total. The van der Waals surface area contributed by atoms with Crippen molar-refractivity contribution < 1.29 is 0 Å². The minimum absolute atomic E-state index is 0.612. The van der Waals surface area contributed by atoms with Crippen molar-refractivity contribution in [3.8, 4) is 28.2 Å². The first-order valence-corrected chi connectivity index (χ1v) is 10.1. The number of hydrogen-bond donors (Lipinski definition) is 0. The third-order valence-electron chi connectivity index (χ3n) is 4.67. The van der Waals surface area contributed by atoms with Crippen molar-refractivity contribution in [3.05, 3.63) is 88.5 Å². The lowest BCUT2D eigenvalue weighted by molar-refractivity contribution is 0.791. The summed E-state index contributed by atoms with van der Waals surface area (Å²) in [7, 11) is 0. The Hall–Kier alpha value is -3.09. The van der Waals surface area contributed by atoms with Crippen molar-refractivity contribution >= 4 is 38.4 Å². The Morgan fingerprint density at radius 3 is 2.48 bits per heavy atom. The quantitative estimate of drug-likeness (QED) is 0.332. The molecular formula is C22H13BrClN5. The van der Waals surface area contributed by atoms with Crippen LogP contribution in [0.2, 0.25) is 5.02 Å². The summed E-state index contributed by atoms with van der Waals surface area (Å²) >= 11 is 9.78. The lowest BCUT2D eigenvalue weighted by Gasteiger charge is -2.13. The molecule has 0 saturated heterocycles. The van der Waals surface area contributed by atoms with Crippen molar-refractivity contribution in [2.45, 2.75) is 0 Å². The molecule has 0 atom stereocenters. The molecule has 5 aromatic rings. The molecule has 0 radical (unpaired) electrons. The average molecular weight is 463 g/mol. The summed E-state index contributed by atoms with van der Waals surface area (Å²) in [5.41, 5.74) is 4.59. The Morgan fingerprint density at radius 2 is 1.69 bits per heavy atom. The lowest BCUT2D eigenvalue weighted by Crippen LogP contribution is -2.01. The Morgan fingerprint density at radius 1 is 0.897 bits per heavy atom. The monoisotopic (exact) mass is 461 g/mol. The van der Waals surface area contributed by atoms with Crippen molar-refractivity contribution in [2.24, 2.45) is 0 Å². The Balaban J connectivity index is 1.81. The zero-order valence-electron chi connectivity index (χ0n) is 15.0. The molecule has 5 rings (SSSR count). The van der Waals surface area contributed by atoms with E-state index in [1.807, 2.05) is 66.9 Å². The zero-order valence-corrected chi connectivity index (χ0v) is 17.3. The van der Waals surface area contributed by atoms with Crippen molar-refractivity contribution in [1.29, 1.82) is 0 Å². The highest BCUT2D eigenvalue weighted by Gasteiger charge is 2.19. The van der Waals surface area contributed by atoms with Crippen LogP contribution < -0.4 is 0 Å². The van der Waals surface area contributed by atoms with Crippen LogP contribution in [0.25, 0.3) is 39.1 Å². The van der Waals surface area contributed by atoms with Gasteiger partial charge in [-0.05, 0) is 58.5 Å². The first kappa shape index (κ1) is 18.0. The van der Waals surface area contributed by atoms with Crippen LogP contribution in [-0.2, 0) is 0 Å². The van der Waals surface area contributed by atoms with Gasteiger partial charge >= 0.3 is 0 Å². The van der Waals surface area contributed by atoms with Gasteiger partial charge in [-0.25, -0.2) is 0 Å². The number of pyridine rings is 1. The average Bonchev–Trinajstić information content (AvgIpc) is 3.23. The van der Waals surface area contributed by atoms with E-state index in [4.69, 9.17) is 11.6 Å². The van der Waals surface area contributed by atoms with Crippen LogP contribution in [0.3, 0.4) is 0 Å². The van der Waals surface area contributed by atoms with Crippen LogP contribution in [-0.4, -0.2) is 25.2 Å². The molecule has 2 heterocycles. The van der Waals surface area contributed by atoms with Gasteiger partial charge in [-0.2, -0.15) is 4.68 Å². The number of fused-ring (bicyclic) bond motifs is 1. The SMILES string of the molecule is Clc1ccc2ncc(-c3nnnn3-c3ccc(Br)cc3)c(-c3ccccc3)c2c1. The topological polar surface area (TPSA) is 56.5 Å². The fourth-order valence-corrected chi connectivity index (χ4v) is 3.80. The lowest BCUT2D eigenvalue weighted by atomic mass is 9.96. The summed E-state index contributed by atoms with van der Waals surface area (Å²) in [5.74, 6) is 0.612. The molecule has 2 aromatic heterocycles. The Labute approximate surface area is 180 Å². The summed E-state index contributed by atoms with van der Waals surface area (Å²) in [4.78, 5) is 4.64. The molecular weight excluding hydrogens is 450 g/mol. The number of tetrazole rings is 1. The second-order valence-electron chi connectivity index (χ2n) is 6.47. The van der Waals surface area contributed by atoms with Crippen LogP contribution in [0.15, 0.2) is 83.5 Å². The van der Waals surface area contributed by atoms with E-state index in [0.29, 0.717) is 10.8 Å². The number of halogens is 2. The summed E-state index contributed by atoms with van der Waals surface area (Å²) in [6, 6.07) is 23.7. The first-order valence-electron chi connectivity index (χ1n) is 8.89. The maximum Gasteiger partial charge on any atom is 0.189 e. The van der Waals surface area contributed by atoms with E-state index in [1.165, 1.54) is 0 Å². The molecule has 0 aliphatic heterocycles. The number of hydrogen-bond acceptors (Lipinski definition) is 4. The summed E-state index contributed by atoms with van der Waals surface area (Å²) in [6.45, 7) is 0. The van der Waals surface area contributed by atoms with E-state index in [2.05, 4.69) is 48.6 Å². The van der Waals surface area contributed by atoms with E-state index in [0.717, 1.165) is 37.8 Å². The smallest absolute Gasteiger partial charge is 0.189 e. The van der Waals surface area contributed by atoms with Gasteiger partial charge < -0.3 is 0 Å². The molecule has 0 spiro atoms. The Bertz CT molecular complexity index is 1320. The summed E-state index contributed by atoms with van der Waals surface area (Å²) in [6.07, 6.45) is 1.82. The molecule has 29 heavy (non-hydrogen) atoms. The normalized spacial score (nSPS) is 11.1. The van der Waals surface area contributed by atoms with Crippen LogP contribution in [0.4, 0.5) is 0 Å². The van der Waals surface area contributed by atoms with Crippen molar-refractivity contribution in [2.75, 3.05) is 0 Å². The van der Waals surface area contributed by atoms with Gasteiger partial charge in [-0.1, -0.05) is 57.9 Å². The van der Waals surface area contributed by atoms with E-state index in [9.17, 15) is 0 Å². The molecule has 7 heteroatoms. The second-order valence-corrected chi connectivity index (χ2v) is 7.82. The fraction of sp³-hybridized carbons (Fsp3) is 0. The predicted octanol–water partition coefficient (Wildman–Crippen LogP) is 5.96. The third-order valence-corrected chi connectivity index (χ3v) is 5.44. The van der Waals surface area contributed by atoms with E-state index >= 15 is 0 Å². The second kappa shape index (κ2) is 7.39. The van der Waals surface area contributed by atoms with Crippen LogP contribution in [0, 0.1) is 0 Å². The first-order chi connectivity index (χ1) is 14.2. The van der Waals surface area contributed by atoms with E-state index < -0.39 is 0 Å². The molecule has 0 N–H and O–H groups in total. The third kappa shape index (κ3) is 3.30. The van der Waals surface area contributed by atoms with Gasteiger partial charge in [0.2, 0.25) is 0 Å². The maximum absolute atomic E-state index is 6.32. The van der Waals surface area contributed by atoms with Crippen LogP contribution in [0.5, 0.6) is 0 Å². The van der Waals surface area contributed by atoms with Crippen molar-refractivity contribution in [1.82, 2.24) is 25.2 Å². The fourth-order valence-electron chi connectivity index (χ4n) is 3.36. The predicted molar refractivity (Wildman–Crippen MR) is 118 cm³/mol. The molecule has 0 amide bonds. The van der Waals surface area contributed by atoms with Gasteiger partial charge in [0.1, 0.15) is 0 Å². The molecule has 0 unspecified atom stereocenters. The zero-order chi connectivity index (χ0) is 19.8. The standard InChI is InChI=1S/C22H13BrClN5/c23-15-6-9-17(10-7-15)29-22(26-27-28-29)19-13-25-20-11-8-16(24)12-18(20)21(19)14-4-2-1-3-5-14/h1-13H. The van der Waals surface area contributed by atoms with E-state index in [-0.39, 0.29) is 0 Å². The number of aromatic nitrogens is 5. The summed E-state index contributed by atoms with van der Waals surface area (Å²) < 4.78 is 2.70. The minimum atomic E-state index is 0.612.